The number of aliphatic hydroxyl groups excluding tert-OH is 1. The van der Waals surface area contributed by atoms with Crippen molar-refractivity contribution in [2.45, 2.75) is 67.8 Å². The van der Waals surface area contributed by atoms with Gasteiger partial charge in [0.1, 0.15) is 12.4 Å². The van der Waals surface area contributed by atoms with Gasteiger partial charge in [-0.15, -0.1) is 0 Å². The average Bonchev–Trinajstić information content (AvgIpc) is 3.73. The molecule has 38 heavy (non-hydrogen) atoms. The largest absolute Gasteiger partial charge is 0.449 e. The van der Waals surface area contributed by atoms with Gasteiger partial charge in [0.25, 0.3) is 5.91 Å². The lowest BCUT2D eigenvalue weighted by molar-refractivity contribution is -0.277. The van der Waals surface area contributed by atoms with Gasteiger partial charge in [0.2, 0.25) is 5.60 Å². The number of ether oxygens (including phenoxy) is 1. The molecule has 206 valence electrons. The monoisotopic (exact) mass is 538 g/mol. The highest BCUT2D eigenvalue weighted by molar-refractivity contribution is 5.95. The van der Waals surface area contributed by atoms with Crippen molar-refractivity contribution in [3.8, 4) is 0 Å². The average molecular weight is 539 g/mol. The fourth-order valence-electron chi connectivity index (χ4n) is 5.33. The number of hydrogen-bond acceptors (Lipinski definition) is 5. The molecule has 2 aromatic carbocycles. The van der Waals surface area contributed by atoms with Crippen molar-refractivity contribution in [2.24, 2.45) is 5.73 Å². The highest BCUT2D eigenvalue weighted by Crippen LogP contribution is 2.44. The van der Waals surface area contributed by atoms with E-state index in [2.05, 4.69) is 0 Å². The minimum Gasteiger partial charge on any atom is -0.449 e. The van der Waals surface area contributed by atoms with Crippen LogP contribution in [0, 0.1) is 5.82 Å². The first kappa shape index (κ1) is 27.8. The van der Waals surface area contributed by atoms with E-state index in [1.165, 1.54) is 24.3 Å². The summed E-state index contributed by atoms with van der Waals surface area (Å²) in [5.74, 6) is -0.719. The zero-order valence-electron chi connectivity index (χ0n) is 20.6. The van der Waals surface area contributed by atoms with Crippen molar-refractivity contribution in [3.05, 3.63) is 71.0 Å². The summed E-state index contributed by atoms with van der Waals surface area (Å²) in [5, 5.41) is 19.2. The number of carbonyl (C=O) groups is 2. The van der Waals surface area contributed by atoms with Gasteiger partial charge in [0.05, 0.1) is 6.61 Å². The summed E-state index contributed by atoms with van der Waals surface area (Å²) in [6.45, 7) is -1.53. The Kier molecular flexibility index (Phi) is 7.72. The Morgan fingerprint density at radius 1 is 0.974 bits per heavy atom. The molecule has 2 saturated carbocycles. The molecular formula is C27H30F4N2O5. The summed E-state index contributed by atoms with van der Waals surface area (Å²) in [6.07, 6.45) is -2.16. The maximum Gasteiger partial charge on any atom is 0.423 e. The molecular weight excluding hydrogens is 508 g/mol. The number of aliphatic hydroxyl groups is 2. The topological polar surface area (TPSA) is 113 Å². The highest BCUT2D eigenvalue weighted by Gasteiger charge is 2.54. The number of nitrogens with two attached hydrogens (primary N) is 1. The van der Waals surface area contributed by atoms with E-state index in [1.807, 2.05) is 0 Å². The second-order valence-corrected chi connectivity index (χ2v) is 10.2. The van der Waals surface area contributed by atoms with Gasteiger partial charge < -0.3 is 25.6 Å². The molecule has 2 fully saturated rings. The third kappa shape index (κ3) is 5.49. The van der Waals surface area contributed by atoms with Crippen molar-refractivity contribution in [3.63, 3.8) is 0 Å². The molecule has 4 N–H and O–H groups in total. The lowest BCUT2D eigenvalue weighted by Crippen LogP contribution is -2.48. The maximum atomic E-state index is 13.5. The molecule has 7 nitrogen and oxygen atoms in total. The van der Waals surface area contributed by atoms with Crippen molar-refractivity contribution >= 4 is 12.0 Å². The van der Waals surface area contributed by atoms with E-state index in [-0.39, 0.29) is 30.2 Å². The normalized spacial score (nSPS) is 23.4. The molecule has 0 spiro atoms. The van der Waals surface area contributed by atoms with E-state index < -0.39 is 41.3 Å². The molecule has 2 aliphatic rings. The van der Waals surface area contributed by atoms with Crippen molar-refractivity contribution in [1.82, 2.24) is 4.90 Å². The number of primary amides is 1. The molecule has 0 unspecified atom stereocenters. The van der Waals surface area contributed by atoms with E-state index in [0.717, 1.165) is 30.5 Å². The van der Waals surface area contributed by atoms with E-state index in [0.29, 0.717) is 25.7 Å². The Morgan fingerprint density at radius 2 is 1.53 bits per heavy atom. The van der Waals surface area contributed by atoms with Gasteiger partial charge in [-0.1, -0.05) is 24.3 Å². The second-order valence-electron chi connectivity index (χ2n) is 10.2. The van der Waals surface area contributed by atoms with Crippen LogP contribution in [0.5, 0.6) is 0 Å². The molecule has 1 atom stereocenters. The Balaban J connectivity index is 1.53. The van der Waals surface area contributed by atoms with Crippen molar-refractivity contribution in [2.75, 3.05) is 13.2 Å². The summed E-state index contributed by atoms with van der Waals surface area (Å²) in [5.41, 5.74) is 1.61. The molecule has 2 aliphatic carbocycles. The number of nitrogens with zero attached hydrogens (tertiary/aromatic N) is 1. The van der Waals surface area contributed by atoms with Gasteiger partial charge in [-0.05, 0) is 73.9 Å². The van der Waals surface area contributed by atoms with E-state index in [9.17, 15) is 37.4 Å². The third-order valence-corrected chi connectivity index (χ3v) is 7.73. The number of carbonyl (C=O) groups excluding carboxylic acids is 2. The molecule has 0 heterocycles. The molecule has 0 radical (unpaired) electrons. The molecule has 2 aromatic rings. The van der Waals surface area contributed by atoms with Gasteiger partial charge in [0, 0.05) is 23.1 Å². The van der Waals surface area contributed by atoms with Gasteiger partial charge in [0.15, 0.2) is 0 Å². The maximum absolute atomic E-state index is 13.5. The minimum atomic E-state index is -5.09. The summed E-state index contributed by atoms with van der Waals surface area (Å²) in [7, 11) is 0. The zero-order chi connectivity index (χ0) is 27.7. The van der Waals surface area contributed by atoms with Gasteiger partial charge in [-0.2, -0.15) is 13.2 Å². The third-order valence-electron chi connectivity index (χ3n) is 7.73. The number of hydrogen-bond donors (Lipinski definition) is 3. The smallest absolute Gasteiger partial charge is 0.423 e. The first-order chi connectivity index (χ1) is 17.9. The van der Waals surface area contributed by atoms with Crippen LogP contribution < -0.4 is 5.73 Å². The Labute approximate surface area is 217 Å². The molecule has 2 amide bonds. The molecule has 0 aliphatic heterocycles. The Hall–Kier alpha value is -3.18. The molecule has 0 saturated heterocycles. The summed E-state index contributed by atoms with van der Waals surface area (Å²) >= 11 is 0. The van der Waals surface area contributed by atoms with Crippen LogP contribution in [0.15, 0.2) is 48.5 Å². The first-order valence-electron chi connectivity index (χ1n) is 12.4. The Bertz CT molecular complexity index is 1140. The first-order valence-corrected chi connectivity index (χ1v) is 12.4. The van der Waals surface area contributed by atoms with Crippen LogP contribution in [-0.4, -0.2) is 58.6 Å². The fourth-order valence-corrected chi connectivity index (χ4v) is 5.33. The fraction of sp³-hybridized carbons (Fsp3) is 0.481. The number of benzene rings is 2. The van der Waals surface area contributed by atoms with Gasteiger partial charge in [-0.3, -0.25) is 4.79 Å². The minimum absolute atomic E-state index is 0.0110. The van der Waals surface area contributed by atoms with Gasteiger partial charge >= 0.3 is 12.3 Å². The van der Waals surface area contributed by atoms with Crippen LogP contribution in [0.3, 0.4) is 0 Å². The Morgan fingerprint density at radius 3 is 2.00 bits per heavy atom. The van der Waals surface area contributed by atoms with E-state index in [4.69, 9.17) is 10.5 Å². The van der Waals surface area contributed by atoms with Crippen LogP contribution in [0.1, 0.15) is 60.0 Å². The molecule has 11 heteroatoms. The van der Waals surface area contributed by atoms with Crippen molar-refractivity contribution < 1.29 is 42.1 Å². The predicted octanol–water partition coefficient (Wildman–Crippen LogP) is 4.15. The van der Waals surface area contributed by atoms with E-state index >= 15 is 0 Å². The number of alkyl halides is 3. The number of rotatable bonds is 8. The molecule has 0 bridgehead atoms. The lowest BCUT2D eigenvalue weighted by atomic mass is 9.68. The standard InChI is InChI=1S/C27H30F4N2O5/c28-20-7-5-18(6-8-20)25(16-38-24(32)36)13-11-22(12-14-25)33(21-9-10-21)23(35)17-1-3-19(4-2-17)26(37,15-34)27(29,30)31/h1-8,21-22,34,37H,9-16H2,(H2,32,36)/t22-,25-,26-/m0/s1. The van der Waals surface area contributed by atoms with Crippen LogP contribution >= 0.6 is 0 Å². The summed E-state index contributed by atoms with van der Waals surface area (Å²) < 4.78 is 58.6. The van der Waals surface area contributed by atoms with Crippen LogP contribution in [0.4, 0.5) is 22.4 Å². The van der Waals surface area contributed by atoms with Gasteiger partial charge in [-0.25, -0.2) is 9.18 Å². The highest BCUT2D eigenvalue weighted by atomic mass is 19.4. The lowest BCUT2D eigenvalue weighted by Gasteiger charge is -2.43. The van der Waals surface area contributed by atoms with E-state index in [1.54, 1.807) is 17.0 Å². The summed E-state index contributed by atoms with van der Waals surface area (Å²) in [6, 6.07) is 10.3. The van der Waals surface area contributed by atoms with Crippen molar-refractivity contribution in [1.29, 1.82) is 0 Å². The van der Waals surface area contributed by atoms with Crippen LogP contribution in [0.25, 0.3) is 0 Å². The quantitative estimate of drug-likeness (QED) is 0.437. The summed E-state index contributed by atoms with van der Waals surface area (Å²) in [4.78, 5) is 26.6. The second kappa shape index (κ2) is 10.5. The SMILES string of the molecule is NC(=O)OC[C@]1(c2ccc(F)cc2)CC[C@H](N(C(=O)c2ccc([C@@](O)(CO)C(F)(F)F)cc2)C2CC2)CC1. The zero-order valence-corrected chi connectivity index (χ0v) is 20.6. The molecule has 0 aromatic heterocycles. The number of amides is 2. The molecule has 4 rings (SSSR count). The van der Waals surface area contributed by atoms with Crippen LogP contribution in [-0.2, 0) is 15.8 Å². The van der Waals surface area contributed by atoms with Crippen LogP contribution in [0.2, 0.25) is 0 Å². The predicted molar refractivity (Wildman–Crippen MR) is 129 cm³/mol. The number of halogens is 4.